The fourth-order valence-corrected chi connectivity index (χ4v) is 5.64. The molecule has 0 spiro atoms. The minimum atomic E-state index is -3.31. The van der Waals surface area contributed by atoms with E-state index < -0.39 is 10.0 Å². The third kappa shape index (κ3) is 4.83. The smallest absolute Gasteiger partial charge is 0.209 e. The lowest BCUT2D eigenvalue weighted by Crippen LogP contribution is -2.30. The lowest BCUT2D eigenvalue weighted by atomic mass is 9.85. The molecule has 1 aliphatic rings. The van der Waals surface area contributed by atoms with Crippen molar-refractivity contribution >= 4 is 21.4 Å². The maximum absolute atomic E-state index is 11.8. The lowest BCUT2D eigenvalue weighted by Gasteiger charge is -2.27. The Bertz CT molecular complexity index is 1290. The summed E-state index contributed by atoms with van der Waals surface area (Å²) in [5.41, 5.74) is 4.35. The third-order valence-electron chi connectivity index (χ3n) is 5.23. The van der Waals surface area contributed by atoms with Crippen LogP contribution in [0.25, 0.3) is 21.1 Å². The number of aromatic nitrogens is 2. The average Bonchev–Trinajstić information content (AvgIpc) is 3.22. The standard InChI is InChI=1S/C23H24N4O3S2/c1-14(2)30-21-11-10-15(12-16(21)13-24)22-25-26-23(31-22)19-8-4-7-18-17(19)6-5-9-20(18)27-32(3,28)29/h4,7-8,10-12,14,20,27H,5-6,9H2,1-3H3/t20-/m0/s1. The molecule has 1 heterocycles. The molecule has 1 N–H and O–H groups in total. The quantitative estimate of drug-likeness (QED) is 0.573. The van der Waals surface area contributed by atoms with E-state index in [0.29, 0.717) is 16.3 Å². The molecule has 166 valence electrons. The maximum atomic E-state index is 11.8. The molecule has 7 nitrogen and oxygen atoms in total. The summed E-state index contributed by atoms with van der Waals surface area (Å²) in [6.45, 7) is 3.84. The van der Waals surface area contributed by atoms with Crippen molar-refractivity contribution in [2.45, 2.75) is 45.3 Å². The van der Waals surface area contributed by atoms with Crippen molar-refractivity contribution in [3.8, 4) is 33.0 Å². The largest absolute Gasteiger partial charge is 0.490 e. The molecule has 1 aromatic heterocycles. The Balaban J connectivity index is 1.68. The van der Waals surface area contributed by atoms with Crippen molar-refractivity contribution in [3.05, 3.63) is 53.1 Å². The number of hydrogen-bond donors (Lipinski definition) is 1. The van der Waals surface area contributed by atoms with E-state index in [2.05, 4.69) is 21.0 Å². The van der Waals surface area contributed by atoms with E-state index >= 15 is 0 Å². The Morgan fingerprint density at radius 3 is 2.72 bits per heavy atom. The fraction of sp³-hybridized carbons (Fsp3) is 0.348. The molecule has 0 bridgehead atoms. The molecule has 4 rings (SSSR count). The number of nitriles is 1. The van der Waals surface area contributed by atoms with E-state index in [-0.39, 0.29) is 12.1 Å². The first kappa shape index (κ1) is 22.4. The van der Waals surface area contributed by atoms with Crippen molar-refractivity contribution < 1.29 is 13.2 Å². The maximum Gasteiger partial charge on any atom is 0.209 e. The zero-order valence-electron chi connectivity index (χ0n) is 18.1. The molecule has 1 atom stereocenters. The number of sulfonamides is 1. The van der Waals surface area contributed by atoms with Crippen molar-refractivity contribution in [2.75, 3.05) is 6.26 Å². The highest BCUT2D eigenvalue weighted by molar-refractivity contribution is 7.88. The molecule has 0 aliphatic heterocycles. The molecule has 9 heteroatoms. The van der Waals surface area contributed by atoms with Gasteiger partial charge in [-0.25, -0.2) is 13.1 Å². The number of rotatable bonds is 6. The average molecular weight is 469 g/mol. The monoisotopic (exact) mass is 468 g/mol. The van der Waals surface area contributed by atoms with Crippen molar-refractivity contribution in [3.63, 3.8) is 0 Å². The number of fused-ring (bicyclic) bond motifs is 1. The normalized spacial score (nSPS) is 15.9. The van der Waals surface area contributed by atoms with Gasteiger partial charge in [-0.2, -0.15) is 5.26 Å². The van der Waals surface area contributed by atoms with Gasteiger partial charge in [0.2, 0.25) is 10.0 Å². The molecule has 2 aromatic carbocycles. The van der Waals surface area contributed by atoms with E-state index in [1.165, 1.54) is 17.6 Å². The summed E-state index contributed by atoms with van der Waals surface area (Å²) in [6, 6.07) is 13.3. The summed E-state index contributed by atoms with van der Waals surface area (Å²) >= 11 is 1.45. The predicted octanol–water partition coefficient (Wildman–Crippen LogP) is 4.46. The SMILES string of the molecule is CC(C)Oc1ccc(-c2nnc(-c3cccc4c3CCC[C@@H]4NS(C)(=O)=O)s2)cc1C#N. The third-order valence-corrected chi connectivity index (χ3v) is 6.95. The minimum absolute atomic E-state index is 0.0219. The van der Waals surface area contributed by atoms with E-state index in [1.807, 2.05) is 38.1 Å². The molecule has 1 aliphatic carbocycles. The van der Waals surface area contributed by atoms with Gasteiger partial charge in [0.25, 0.3) is 0 Å². The molecule has 0 radical (unpaired) electrons. The van der Waals surface area contributed by atoms with E-state index in [1.54, 1.807) is 12.1 Å². The Kier molecular flexibility index (Phi) is 6.29. The Morgan fingerprint density at radius 1 is 1.22 bits per heavy atom. The van der Waals surface area contributed by atoms with Crippen LogP contribution in [0.4, 0.5) is 0 Å². The second kappa shape index (κ2) is 8.98. The zero-order valence-corrected chi connectivity index (χ0v) is 19.8. The molecule has 0 amide bonds. The molecular weight excluding hydrogens is 444 g/mol. The zero-order chi connectivity index (χ0) is 22.9. The summed E-state index contributed by atoms with van der Waals surface area (Å²) < 4.78 is 32.0. The van der Waals surface area contributed by atoms with Crippen LogP contribution in [0, 0.1) is 11.3 Å². The molecule has 0 saturated carbocycles. The van der Waals surface area contributed by atoms with Gasteiger partial charge in [0, 0.05) is 17.2 Å². The van der Waals surface area contributed by atoms with Crippen molar-refractivity contribution in [1.29, 1.82) is 5.26 Å². The summed E-state index contributed by atoms with van der Waals surface area (Å²) in [7, 11) is -3.31. The van der Waals surface area contributed by atoms with Crippen LogP contribution in [0.15, 0.2) is 36.4 Å². The summed E-state index contributed by atoms with van der Waals surface area (Å²) in [6.07, 6.45) is 3.70. The van der Waals surface area contributed by atoms with Crippen LogP contribution in [-0.2, 0) is 16.4 Å². The van der Waals surface area contributed by atoms with Crippen LogP contribution in [0.2, 0.25) is 0 Å². The second-order valence-electron chi connectivity index (χ2n) is 8.11. The highest BCUT2D eigenvalue weighted by Gasteiger charge is 2.26. The van der Waals surface area contributed by atoms with Crippen molar-refractivity contribution in [2.24, 2.45) is 0 Å². The van der Waals surface area contributed by atoms with Crippen molar-refractivity contribution in [1.82, 2.24) is 14.9 Å². The first-order chi connectivity index (χ1) is 15.2. The Labute approximate surface area is 192 Å². The van der Waals surface area contributed by atoms with Gasteiger partial charge < -0.3 is 4.74 Å². The molecule has 0 saturated heterocycles. The van der Waals surface area contributed by atoms with E-state index in [0.717, 1.165) is 46.5 Å². The summed E-state index contributed by atoms with van der Waals surface area (Å²) in [4.78, 5) is 0. The topological polar surface area (TPSA) is 105 Å². The van der Waals surface area contributed by atoms with Gasteiger partial charge in [-0.3, -0.25) is 0 Å². The number of ether oxygens (including phenoxy) is 1. The summed E-state index contributed by atoms with van der Waals surface area (Å²) in [5, 5.41) is 19.8. The van der Waals surface area contributed by atoms with Gasteiger partial charge in [-0.05, 0) is 62.4 Å². The highest BCUT2D eigenvalue weighted by Crippen LogP contribution is 2.39. The van der Waals surface area contributed by atoms with Gasteiger partial charge in [0.15, 0.2) is 0 Å². The first-order valence-electron chi connectivity index (χ1n) is 10.4. The lowest BCUT2D eigenvalue weighted by molar-refractivity contribution is 0.242. The molecule has 3 aromatic rings. The van der Waals surface area contributed by atoms with Gasteiger partial charge in [-0.1, -0.05) is 29.5 Å². The minimum Gasteiger partial charge on any atom is -0.490 e. The van der Waals surface area contributed by atoms with E-state index in [9.17, 15) is 13.7 Å². The second-order valence-corrected chi connectivity index (χ2v) is 10.9. The van der Waals surface area contributed by atoms with Gasteiger partial charge >= 0.3 is 0 Å². The molecule has 0 fully saturated rings. The van der Waals surface area contributed by atoms with Crippen LogP contribution in [-0.4, -0.2) is 31.0 Å². The first-order valence-corrected chi connectivity index (χ1v) is 13.1. The number of nitrogens with zero attached hydrogens (tertiary/aromatic N) is 3. The highest BCUT2D eigenvalue weighted by atomic mass is 32.2. The van der Waals surface area contributed by atoms with Gasteiger partial charge in [0.05, 0.1) is 17.9 Å². The molecule has 0 unspecified atom stereocenters. The Hall–Kier alpha value is -2.80. The fourth-order valence-electron chi connectivity index (χ4n) is 3.99. The van der Waals surface area contributed by atoms with Crippen LogP contribution in [0.5, 0.6) is 5.75 Å². The van der Waals surface area contributed by atoms with E-state index in [4.69, 9.17) is 4.74 Å². The van der Waals surface area contributed by atoms with Gasteiger partial charge in [-0.15, -0.1) is 10.2 Å². The van der Waals surface area contributed by atoms with Crippen LogP contribution >= 0.6 is 11.3 Å². The van der Waals surface area contributed by atoms with Crippen LogP contribution in [0.3, 0.4) is 0 Å². The number of benzene rings is 2. The summed E-state index contributed by atoms with van der Waals surface area (Å²) in [5.74, 6) is 0.553. The Morgan fingerprint density at radius 2 is 2.00 bits per heavy atom. The van der Waals surface area contributed by atoms with Crippen LogP contribution < -0.4 is 9.46 Å². The number of nitrogens with one attached hydrogen (secondary N) is 1. The number of hydrogen-bond acceptors (Lipinski definition) is 7. The molecular formula is C23H24N4O3S2. The predicted molar refractivity (Wildman–Crippen MR) is 125 cm³/mol. The van der Waals surface area contributed by atoms with Gasteiger partial charge in [0.1, 0.15) is 21.8 Å². The van der Waals surface area contributed by atoms with Crippen LogP contribution in [0.1, 0.15) is 49.4 Å². The molecule has 32 heavy (non-hydrogen) atoms.